The van der Waals surface area contributed by atoms with Gasteiger partial charge < -0.3 is 9.84 Å². The van der Waals surface area contributed by atoms with E-state index in [9.17, 15) is 0 Å². The maximum atomic E-state index is 5.31. The summed E-state index contributed by atoms with van der Waals surface area (Å²) in [6.45, 7) is 7.67. The van der Waals surface area contributed by atoms with E-state index in [-0.39, 0.29) is 4.75 Å². The smallest absolute Gasteiger partial charge is 0.228 e. The molecule has 102 valence electrons. The molecule has 0 saturated carbocycles. The third-order valence-electron chi connectivity index (χ3n) is 2.56. The number of thioether (sulfide) groups is 2. The van der Waals surface area contributed by atoms with Gasteiger partial charge in [0.1, 0.15) is 0 Å². The summed E-state index contributed by atoms with van der Waals surface area (Å²) in [5.41, 5.74) is 0. The predicted octanol–water partition coefficient (Wildman–Crippen LogP) is 2.35. The Hall–Kier alpha value is -0.200. The minimum absolute atomic E-state index is 0.238. The van der Waals surface area contributed by atoms with Crippen LogP contribution in [0.4, 0.5) is 0 Å². The average molecular weight is 287 g/mol. The van der Waals surface area contributed by atoms with E-state index in [1.807, 2.05) is 23.5 Å². The van der Waals surface area contributed by atoms with Crippen LogP contribution in [0.3, 0.4) is 0 Å². The predicted molar refractivity (Wildman–Crippen MR) is 78.2 cm³/mol. The monoisotopic (exact) mass is 287 g/mol. The highest BCUT2D eigenvalue weighted by Crippen LogP contribution is 2.26. The number of nitrogens with zero attached hydrogens (tertiary/aromatic N) is 2. The second-order valence-corrected chi connectivity index (χ2v) is 8.39. The Morgan fingerprint density at radius 3 is 3.00 bits per heavy atom. The van der Waals surface area contributed by atoms with E-state index in [0.717, 1.165) is 36.2 Å². The van der Waals surface area contributed by atoms with Crippen LogP contribution in [0.2, 0.25) is 0 Å². The van der Waals surface area contributed by atoms with E-state index in [1.54, 1.807) is 0 Å². The Morgan fingerprint density at radius 1 is 1.50 bits per heavy atom. The van der Waals surface area contributed by atoms with E-state index in [1.165, 1.54) is 5.75 Å². The van der Waals surface area contributed by atoms with Crippen LogP contribution in [0, 0.1) is 0 Å². The molecule has 0 aliphatic carbocycles. The van der Waals surface area contributed by atoms with E-state index in [4.69, 9.17) is 4.52 Å². The van der Waals surface area contributed by atoms with E-state index in [0.29, 0.717) is 6.04 Å². The molecule has 0 bridgehead atoms. The molecule has 2 heterocycles. The zero-order valence-corrected chi connectivity index (χ0v) is 12.9. The molecule has 1 atom stereocenters. The van der Waals surface area contributed by atoms with Gasteiger partial charge in [0.15, 0.2) is 5.82 Å². The minimum Gasteiger partial charge on any atom is -0.339 e. The Balaban J connectivity index is 1.82. The molecule has 6 heteroatoms. The first kappa shape index (κ1) is 14.2. The van der Waals surface area contributed by atoms with E-state index < -0.39 is 0 Å². The molecule has 0 aromatic carbocycles. The van der Waals surface area contributed by atoms with Gasteiger partial charge in [-0.05, 0) is 0 Å². The van der Waals surface area contributed by atoms with E-state index >= 15 is 0 Å². The molecule has 1 N–H and O–H groups in total. The minimum atomic E-state index is 0.238. The lowest BCUT2D eigenvalue weighted by atomic mass is 10.2. The number of hydrogen-bond acceptors (Lipinski definition) is 6. The molecule has 18 heavy (non-hydrogen) atoms. The normalized spacial score (nSPS) is 21.2. The Morgan fingerprint density at radius 2 is 2.33 bits per heavy atom. The molecule has 2 rings (SSSR count). The van der Waals surface area contributed by atoms with Crippen LogP contribution in [-0.2, 0) is 12.2 Å². The number of aromatic nitrogens is 2. The molecule has 1 aromatic rings. The fourth-order valence-electron chi connectivity index (χ4n) is 1.67. The second-order valence-electron chi connectivity index (χ2n) is 5.44. The fraction of sp³-hybridized carbons (Fsp3) is 0.833. The number of nitrogens with one attached hydrogen (secondary N) is 1. The molecular weight excluding hydrogens is 266 g/mol. The third kappa shape index (κ3) is 4.82. The highest BCUT2D eigenvalue weighted by molar-refractivity contribution is 7.99. The zero-order valence-electron chi connectivity index (χ0n) is 11.2. The molecule has 0 radical (unpaired) electrons. The van der Waals surface area contributed by atoms with Gasteiger partial charge in [0.25, 0.3) is 0 Å². The van der Waals surface area contributed by atoms with Crippen LogP contribution in [0.1, 0.15) is 32.5 Å². The number of rotatable bonds is 4. The van der Waals surface area contributed by atoms with Crippen molar-refractivity contribution >= 4 is 23.5 Å². The van der Waals surface area contributed by atoms with Crippen LogP contribution in [0.25, 0.3) is 0 Å². The maximum absolute atomic E-state index is 5.31. The third-order valence-corrected chi connectivity index (χ3v) is 4.96. The largest absolute Gasteiger partial charge is 0.339 e. The Kier molecular flexibility index (Phi) is 4.98. The molecule has 1 saturated heterocycles. The van der Waals surface area contributed by atoms with Crippen molar-refractivity contribution < 1.29 is 4.52 Å². The van der Waals surface area contributed by atoms with Gasteiger partial charge in [0.05, 0.1) is 5.75 Å². The SMILES string of the molecule is CC(C)(C)SCc1noc(CC2CSCCN2)n1. The highest BCUT2D eigenvalue weighted by atomic mass is 32.2. The van der Waals surface area contributed by atoms with Gasteiger partial charge in [0, 0.05) is 35.3 Å². The van der Waals surface area contributed by atoms with Crippen LogP contribution in [0.5, 0.6) is 0 Å². The van der Waals surface area contributed by atoms with Gasteiger partial charge in [-0.2, -0.15) is 16.7 Å². The fourth-order valence-corrected chi connectivity index (χ4v) is 3.30. The van der Waals surface area contributed by atoms with Gasteiger partial charge >= 0.3 is 0 Å². The summed E-state index contributed by atoms with van der Waals surface area (Å²) in [6, 6.07) is 0.479. The first-order valence-corrected chi connectivity index (χ1v) is 8.43. The van der Waals surface area contributed by atoms with Gasteiger partial charge in [-0.3, -0.25) is 0 Å². The quantitative estimate of drug-likeness (QED) is 0.917. The van der Waals surface area contributed by atoms with E-state index in [2.05, 4.69) is 36.2 Å². The summed E-state index contributed by atoms with van der Waals surface area (Å²) in [5.74, 6) is 4.73. The van der Waals surface area contributed by atoms with Gasteiger partial charge in [-0.15, -0.1) is 11.8 Å². The van der Waals surface area contributed by atoms with Crippen molar-refractivity contribution in [2.75, 3.05) is 18.1 Å². The molecule has 1 fully saturated rings. The first-order chi connectivity index (χ1) is 8.53. The molecule has 1 unspecified atom stereocenters. The molecule has 4 nitrogen and oxygen atoms in total. The molecule has 1 aliphatic rings. The molecule has 0 spiro atoms. The lowest BCUT2D eigenvalue weighted by Crippen LogP contribution is -2.38. The van der Waals surface area contributed by atoms with Crippen LogP contribution in [0.15, 0.2) is 4.52 Å². The van der Waals surface area contributed by atoms with Crippen molar-refractivity contribution in [2.24, 2.45) is 0 Å². The standard InChI is InChI=1S/C12H21N3OS2/c1-12(2,3)18-8-10-14-11(16-15-10)6-9-7-17-5-4-13-9/h9,13H,4-8H2,1-3H3. The Labute approximate surface area is 117 Å². The average Bonchev–Trinajstić information content (AvgIpc) is 2.75. The molecule has 1 aliphatic heterocycles. The first-order valence-electron chi connectivity index (χ1n) is 6.29. The maximum Gasteiger partial charge on any atom is 0.228 e. The van der Waals surface area contributed by atoms with Crippen molar-refractivity contribution in [1.29, 1.82) is 0 Å². The van der Waals surface area contributed by atoms with Gasteiger partial charge in [0.2, 0.25) is 5.89 Å². The second kappa shape index (κ2) is 6.30. The van der Waals surface area contributed by atoms with Crippen molar-refractivity contribution in [1.82, 2.24) is 15.5 Å². The van der Waals surface area contributed by atoms with Crippen LogP contribution in [-0.4, -0.2) is 39.0 Å². The molecule has 1 aromatic heterocycles. The van der Waals surface area contributed by atoms with Crippen molar-refractivity contribution in [3.8, 4) is 0 Å². The highest BCUT2D eigenvalue weighted by Gasteiger charge is 2.18. The summed E-state index contributed by atoms with van der Waals surface area (Å²) in [4.78, 5) is 4.46. The molecular formula is C12H21N3OS2. The van der Waals surface area contributed by atoms with Crippen LogP contribution >= 0.6 is 23.5 Å². The summed E-state index contributed by atoms with van der Waals surface area (Å²) < 4.78 is 5.55. The van der Waals surface area contributed by atoms with Crippen LogP contribution < -0.4 is 5.32 Å². The number of hydrogen-bond donors (Lipinski definition) is 1. The van der Waals surface area contributed by atoms with Crippen molar-refractivity contribution in [2.45, 2.75) is 43.7 Å². The zero-order chi connectivity index (χ0) is 13.0. The molecule has 0 amide bonds. The lowest BCUT2D eigenvalue weighted by molar-refractivity contribution is 0.359. The topological polar surface area (TPSA) is 51.0 Å². The van der Waals surface area contributed by atoms with Crippen molar-refractivity contribution in [3.05, 3.63) is 11.7 Å². The van der Waals surface area contributed by atoms with Crippen molar-refractivity contribution in [3.63, 3.8) is 0 Å². The summed E-state index contributed by atoms with van der Waals surface area (Å²) in [7, 11) is 0. The van der Waals surface area contributed by atoms with Gasteiger partial charge in [-0.1, -0.05) is 25.9 Å². The summed E-state index contributed by atoms with van der Waals surface area (Å²) >= 11 is 3.83. The van der Waals surface area contributed by atoms with Gasteiger partial charge in [-0.25, -0.2) is 0 Å². The Bertz CT molecular complexity index is 370. The summed E-state index contributed by atoms with van der Waals surface area (Å²) in [5, 5.41) is 7.52. The lowest BCUT2D eigenvalue weighted by Gasteiger charge is -2.21. The summed E-state index contributed by atoms with van der Waals surface area (Å²) in [6.07, 6.45) is 0.847.